The van der Waals surface area contributed by atoms with Crippen LogP contribution in [0.5, 0.6) is 0 Å². The zero-order valence-corrected chi connectivity index (χ0v) is 11.5. The van der Waals surface area contributed by atoms with Crippen molar-refractivity contribution in [3.05, 3.63) is 28.5 Å². The van der Waals surface area contributed by atoms with Crippen LogP contribution in [0.2, 0.25) is 0 Å². The van der Waals surface area contributed by atoms with E-state index in [0.717, 1.165) is 12.5 Å². The summed E-state index contributed by atoms with van der Waals surface area (Å²) in [5.41, 5.74) is 5.29. The summed E-state index contributed by atoms with van der Waals surface area (Å²) < 4.78 is 39.3. The van der Waals surface area contributed by atoms with Crippen molar-refractivity contribution < 1.29 is 12.8 Å². The summed E-state index contributed by atoms with van der Waals surface area (Å²) in [5, 5.41) is 0. The van der Waals surface area contributed by atoms with E-state index < -0.39 is 15.8 Å². The molecule has 0 fully saturated rings. The fourth-order valence-electron chi connectivity index (χ4n) is 1.20. The van der Waals surface area contributed by atoms with Gasteiger partial charge in [-0.2, -0.15) is 0 Å². The number of unbranched alkanes of at least 4 members (excludes halogenated alkanes) is 1. The average Bonchev–Trinajstić information content (AvgIpc) is 2.28. The Kier molecular flexibility index (Phi) is 5.51. The first-order chi connectivity index (χ1) is 7.97. The van der Waals surface area contributed by atoms with Gasteiger partial charge in [0.1, 0.15) is 5.82 Å². The van der Waals surface area contributed by atoms with Gasteiger partial charge in [0, 0.05) is 6.54 Å². The summed E-state index contributed by atoms with van der Waals surface area (Å²) in [7, 11) is -3.63. The van der Waals surface area contributed by atoms with Crippen molar-refractivity contribution >= 4 is 26.0 Å². The van der Waals surface area contributed by atoms with E-state index in [9.17, 15) is 12.8 Å². The van der Waals surface area contributed by atoms with E-state index in [2.05, 4.69) is 20.7 Å². The minimum absolute atomic E-state index is 0.0778. The van der Waals surface area contributed by atoms with E-state index in [1.165, 1.54) is 12.1 Å². The van der Waals surface area contributed by atoms with E-state index >= 15 is 0 Å². The van der Waals surface area contributed by atoms with Crippen LogP contribution in [-0.2, 0) is 10.0 Å². The monoisotopic (exact) mass is 324 g/mol. The Hall–Kier alpha value is -0.500. The molecule has 0 heterocycles. The molecule has 0 saturated heterocycles. The second-order valence-electron chi connectivity index (χ2n) is 3.47. The SMILES string of the molecule is NCCCCNS(=O)(=O)c1ccc(Br)c(F)c1. The van der Waals surface area contributed by atoms with Crippen molar-refractivity contribution in [1.29, 1.82) is 0 Å². The maximum atomic E-state index is 13.2. The zero-order valence-electron chi connectivity index (χ0n) is 9.12. The van der Waals surface area contributed by atoms with Crippen LogP contribution < -0.4 is 10.5 Å². The molecule has 0 aromatic heterocycles. The molecule has 0 bridgehead atoms. The smallest absolute Gasteiger partial charge is 0.240 e. The van der Waals surface area contributed by atoms with Gasteiger partial charge < -0.3 is 5.73 Å². The van der Waals surface area contributed by atoms with Gasteiger partial charge in [-0.25, -0.2) is 17.5 Å². The van der Waals surface area contributed by atoms with Crippen LogP contribution in [0.25, 0.3) is 0 Å². The molecule has 17 heavy (non-hydrogen) atoms. The fourth-order valence-corrected chi connectivity index (χ4v) is 2.54. The van der Waals surface area contributed by atoms with Crippen molar-refractivity contribution in [2.24, 2.45) is 5.73 Å². The number of nitrogens with two attached hydrogens (primary N) is 1. The van der Waals surface area contributed by atoms with E-state index in [1.54, 1.807) is 0 Å². The Morgan fingerprint density at radius 3 is 2.65 bits per heavy atom. The molecular formula is C10H14BrFN2O2S. The lowest BCUT2D eigenvalue weighted by Gasteiger charge is -2.06. The minimum atomic E-state index is -3.63. The number of benzene rings is 1. The summed E-state index contributed by atoms with van der Waals surface area (Å²) in [6.07, 6.45) is 1.41. The molecule has 3 N–H and O–H groups in total. The number of hydrogen-bond donors (Lipinski definition) is 2. The Morgan fingerprint density at radius 1 is 1.35 bits per heavy atom. The molecule has 1 aromatic rings. The zero-order chi connectivity index (χ0) is 12.9. The first-order valence-electron chi connectivity index (χ1n) is 5.12. The summed E-state index contributed by atoms with van der Waals surface area (Å²) >= 11 is 2.97. The molecule has 0 spiro atoms. The van der Waals surface area contributed by atoms with Crippen molar-refractivity contribution in [3.8, 4) is 0 Å². The molecule has 1 aromatic carbocycles. The summed E-state index contributed by atoms with van der Waals surface area (Å²) in [6, 6.07) is 3.69. The van der Waals surface area contributed by atoms with E-state index in [0.29, 0.717) is 19.5 Å². The molecule has 4 nitrogen and oxygen atoms in total. The second kappa shape index (κ2) is 6.44. The molecule has 0 amide bonds. The molecule has 7 heteroatoms. The van der Waals surface area contributed by atoms with E-state index in [-0.39, 0.29) is 9.37 Å². The highest BCUT2D eigenvalue weighted by atomic mass is 79.9. The van der Waals surface area contributed by atoms with Crippen LogP contribution in [0.15, 0.2) is 27.6 Å². The van der Waals surface area contributed by atoms with Crippen LogP contribution in [0.4, 0.5) is 4.39 Å². The average molecular weight is 325 g/mol. The quantitative estimate of drug-likeness (QED) is 0.781. The van der Waals surface area contributed by atoms with Crippen molar-refractivity contribution in [3.63, 3.8) is 0 Å². The fraction of sp³-hybridized carbons (Fsp3) is 0.400. The number of hydrogen-bond acceptors (Lipinski definition) is 3. The van der Waals surface area contributed by atoms with Crippen LogP contribution in [0, 0.1) is 5.82 Å². The summed E-state index contributed by atoms with van der Waals surface area (Å²) in [4.78, 5) is -0.0778. The third kappa shape index (κ3) is 4.34. The van der Waals surface area contributed by atoms with Gasteiger partial charge in [-0.3, -0.25) is 0 Å². The predicted octanol–water partition coefficient (Wildman–Crippen LogP) is 1.61. The largest absolute Gasteiger partial charge is 0.330 e. The number of nitrogens with one attached hydrogen (secondary N) is 1. The molecule has 0 radical (unpaired) electrons. The Morgan fingerprint density at radius 2 is 2.06 bits per heavy atom. The van der Waals surface area contributed by atoms with Gasteiger partial charge in [0.05, 0.1) is 9.37 Å². The number of sulfonamides is 1. The maximum absolute atomic E-state index is 13.2. The lowest BCUT2D eigenvalue weighted by molar-refractivity contribution is 0.573. The Labute approximate surface area is 109 Å². The summed E-state index contributed by atoms with van der Waals surface area (Å²) in [5.74, 6) is -0.602. The standard InChI is InChI=1S/C10H14BrFN2O2S/c11-9-4-3-8(7-10(9)12)17(15,16)14-6-2-1-5-13/h3-4,7,14H,1-2,5-6,13H2. The summed E-state index contributed by atoms with van der Waals surface area (Å²) in [6.45, 7) is 0.825. The van der Waals surface area contributed by atoms with Crippen LogP contribution >= 0.6 is 15.9 Å². The third-order valence-corrected chi connectivity index (χ3v) is 4.23. The van der Waals surface area contributed by atoms with Gasteiger partial charge in [0.25, 0.3) is 0 Å². The molecule has 96 valence electrons. The second-order valence-corrected chi connectivity index (χ2v) is 6.09. The molecular weight excluding hydrogens is 311 g/mol. The van der Waals surface area contributed by atoms with Gasteiger partial charge in [0.15, 0.2) is 0 Å². The van der Waals surface area contributed by atoms with Crippen LogP contribution in [-0.4, -0.2) is 21.5 Å². The predicted molar refractivity (Wildman–Crippen MR) is 67.6 cm³/mol. The lowest BCUT2D eigenvalue weighted by atomic mass is 10.3. The molecule has 0 aliphatic carbocycles. The van der Waals surface area contributed by atoms with Gasteiger partial charge in [-0.05, 0) is 53.5 Å². The van der Waals surface area contributed by atoms with Crippen molar-refractivity contribution in [2.75, 3.05) is 13.1 Å². The van der Waals surface area contributed by atoms with Crippen molar-refractivity contribution in [2.45, 2.75) is 17.7 Å². The van der Waals surface area contributed by atoms with Gasteiger partial charge >= 0.3 is 0 Å². The Bertz CT molecular complexity index is 479. The molecule has 0 aliphatic heterocycles. The first-order valence-corrected chi connectivity index (χ1v) is 7.40. The highest BCUT2D eigenvalue weighted by Crippen LogP contribution is 2.19. The molecule has 0 saturated carbocycles. The van der Waals surface area contributed by atoms with Gasteiger partial charge in [-0.15, -0.1) is 0 Å². The highest BCUT2D eigenvalue weighted by molar-refractivity contribution is 9.10. The van der Waals surface area contributed by atoms with E-state index in [1.807, 2.05) is 0 Å². The van der Waals surface area contributed by atoms with Crippen molar-refractivity contribution in [1.82, 2.24) is 4.72 Å². The lowest BCUT2D eigenvalue weighted by Crippen LogP contribution is -2.25. The number of rotatable bonds is 6. The van der Waals surface area contributed by atoms with Crippen LogP contribution in [0.1, 0.15) is 12.8 Å². The molecule has 1 rings (SSSR count). The van der Waals surface area contributed by atoms with Gasteiger partial charge in [-0.1, -0.05) is 0 Å². The molecule has 0 atom stereocenters. The van der Waals surface area contributed by atoms with E-state index in [4.69, 9.17) is 5.73 Å². The molecule has 0 aliphatic rings. The number of halogens is 2. The normalized spacial score (nSPS) is 11.7. The first kappa shape index (κ1) is 14.6. The minimum Gasteiger partial charge on any atom is -0.330 e. The molecule has 0 unspecified atom stereocenters. The highest BCUT2D eigenvalue weighted by Gasteiger charge is 2.14. The topological polar surface area (TPSA) is 72.2 Å². The Balaban J connectivity index is 2.72. The van der Waals surface area contributed by atoms with Crippen LogP contribution in [0.3, 0.4) is 0 Å². The third-order valence-electron chi connectivity index (χ3n) is 2.12. The van der Waals surface area contributed by atoms with Gasteiger partial charge in [0.2, 0.25) is 10.0 Å². The maximum Gasteiger partial charge on any atom is 0.240 e.